The molecule has 2 saturated heterocycles. The molecule has 1 aromatic rings. The number of hydrogen-bond acceptors (Lipinski definition) is 3. The second-order valence-electron chi connectivity index (χ2n) is 5.94. The van der Waals surface area contributed by atoms with Gasteiger partial charge < -0.3 is 9.84 Å². The quantitative estimate of drug-likeness (QED) is 0.885. The van der Waals surface area contributed by atoms with E-state index in [1.807, 2.05) is 0 Å². The molecular formula is C16H23NO2. The second-order valence-corrected chi connectivity index (χ2v) is 5.94. The van der Waals surface area contributed by atoms with Gasteiger partial charge >= 0.3 is 0 Å². The van der Waals surface area contributed by atoms with E-state index in [2.05, 4.69) is 36.1 Å². The Kier molecular flexibility index (Phi) is 3.61. The highest BCUT2D eigenvalue weighted by Gasteiger charge is 2.45. The maximum absolute atomic E-state index is 10.4. The van der Waals surface area contributed by atoms with Crippen LogP contribution in [0.5, 0.6) is 0 Å². The monoisotopic (exact) mass is 261 g/mol. The van der Waals surface area contributed by atoms with Crippen molar-refractivity contribution in [1.29, 1.82) is 0 Å². The van der Waals surface area contributed by atoms with Crippen LogP contribution in [-0.4, -0.2) is 41.4 Å². The number of ether oxygens (including phenoxy) is 1. The lowest BCUT2D eigenvalue weighted by Gasteiger charge is -2.42. The molecule has 2 fully saturated rings. The highest BCUT2D eigenvalue weighted by Crippen LogP contribution is 2.36. The van der Waals surface area contributed by atoms with Crippen molar-refractivity contribution in [3.63, 3.8) is 0 Å². The number of rotatable bonds is 2. The molecule has 3 heteroatoms. The lowest BCUT2D eigenvalue weighted by molar-refractivity contribution is -0.130. The highest BCUT2D eigenvalue weighted by molar-refractivity contribution is 5.25. The third-order valence-electron chi connectivity index (χ3n) is 4.68. The summed E-state index contributed by atoms with van der Waals surface area (Å²) in [5, 5.41) is 10.4. The van der Waals surface area contributed by atoms with Crippen molar-refractivity contribution in [1.82, 2.24) is 4.90 Å². The first-order valence-electron chi connectivity index (χ1n) is 7.28. The van der Waals surface area contributed by atoms with E-state index in [1.165, 1.54) is 11.1 Å². The van der Waals surface area contributed by atoms with Gasteiger partial charge in [0.1, 0.15) is 0 Å². The molecule has 2 aliphatic rings. The van der Waals surface area contributed by atoms with E-state index in [1.54, 1.807) is 0 Å². The number of nitrogens with zero attached hydrogens (tertiary/aromatic N) is 1. The van der Waals surface area contributed by atoms with E-state index < -0.39 is 0 Å². The summed E-state index contributed by atoms with van der Waals surface area (Å²) in [4.78, 5) is 2.35. The van der Waals surface area contributed by atoms with E-state index in [9.17, 15) is 5.11 Å². The largest absolute Gasteiger partial charge is 0.389 e. The number of aryl methyl sites for hydroxylation is 1. The zero-order chi connectivity index (χ0) is 13.3. The molecule has 0 bridgehead atoms. The van der Waals surface area contributed by atoms with E-state index in [4.69, 9.17) is 4.74 Å². The molecule has 3 rings (SSSR count). The summed E-state index contributed by atoms with van der Waals surface area (Å²) in [6.45, 7) is 5.64. The van der Waals surface area contributed by atoms with Crippen LogP contribution in [0.1, 0.15) is 30.4 Å². The zero-order valence-corrected chi connectivity index (χ0v) is 11.6. The minimum absolute atomic E-state index is 0.234. The molecule has 2 atom stereocenters. The van der Waals surface area contributed by atoms with Crippen LogP contribution in [0.15, 0.2) is 24.3 Å². The van der Waals surface area contributed by atoms with Crippen molar-refractivity contribution < 1.29 is 9.84 Å². The number of hydrogen-bond donors (Lipinski definition) is 1. The Morgan fingerprint density at radius 2 is 2.21 bits per heavy atom. The molecule has 0 amide bonds. The smallest absolute Gasteiger partial charge is 0.0965 e. The van der Waals surface area contributed by atoms with Gasteiger partial charge in [0, 0.05) is 26.2 Å². The van der Waals surface area contributed by atoms with Crippen LogP contribution >= 0.6 is 0 Å². The van der Waals surface area contributed by atoms with Gasteiger partial charge in [-0.25, -0.2) is 0 Å². The van der Waals surface area contributed by atoms with Crippen molar-refractivity contribution in [2.24, 2.45) is 0 Å². The van der Waals surface area contributed by atoms with Gasteiger partial charge in [-0.05, 0) is 37.3 Å². The summed E-state index contributed by atoms with van der Waals surface area (Å²) in [6.07, 6.45) is 2.73. The number of benzene rings is 1. The molecule has 0 unspecified atom stereocenters. The molecule has 0 radical (unpaired) electrons. The molecule has 19 heavy (non-hydrogen) atoms. The third kappa shape index (κ3) is 2.55. The van der Waals surface area contributed by atoms with Gasteiger partial charge in [0.05, 0.1) is 11.7 Å². The van der Waals surface area contributed by atoms with Gasteiger partial charge in [0.2, 0.25) is 0 Å². The van der Waals surface area contributed by atoms with Gasteiger partial charge in [-0.15, -0.1) is 0 Å². The van der Waals surface area contributed by atoms with Crippen LogP contribution in [0.25, 0.3) is 0 Å². The van der Waals surface area contributed by atoms with Crippen LogP contribution in [0, 0.1) is 6.92 Å². The van der Waals surface area contributed by atoms with Crippen molar-refractivity contribution in [3.05, 3.63) is 35.4 Å². The summed E-state index contributed by atoms with van der Waals surface area (Å²) in [6, 6.07) is 8.49. The molecule has 3 nitrogen and oxygen atoms in total. The van der Waals surface area contributed by atoms with E-state index in [0.29, 0.717) is 0 Å². The van der Waals surface area contributed by atoms with Gasteiger partial charge in [-0.2, -0.15) is 0 Å². The molecule has 2 aliphatic heterocycles. The van der Waals surface area contributed by atoms with E-state index in [-0.39, 0.29) is 11.7 Å². The molecule has 0 aromatic heterocycles. The van der Waals surface area contributed by atoms with Crippen LogP contribution in [0.4, 0.5) is 0 Å². The number of likely N-dealkylation sites (tertiary alicyclic amines) is 1. The second kappa shape index (κ2) is 5.23. The van der Waals surface area contributed by atoms with Crippen molar-refractivity contribution >= 4 is 0 Å². The fourth-order valence-corrected chi connectivity index (χ4v) is 3.37. The number of aliphatic hydroxyl groups excluding tert-OH is 1. The van der Waals surface area contributed by atoms with E-state index >= 15 is 0 Å². The fraction of sp³-hybridized carbons (Fsp3) is 0.625. The molecule has 2 heterocycles. The van der Waals surface area contributed by atoms with Gasteiger partial charge in [0.15, 0.2) is 0 Å². The summed E-state index contributed by atoms with van der Waals surface area (Å²) in [5.41, 5.74) is 2.45. The van der Waals surface area contributed by atoms with Crippen molar-refractivity contribution in [2.75, 3.05) is 19.7 Å². The molecule has 104 valence electrons. The summed E-state index contributed by atoms with van der Waals surface area (Å²) in [5.74, 6) is 0. The predicted octanol–water partition coefficient (Wildman–Crippen LogP) is 2.11. The van der Waals surface area contributed by atoms with Crippen LogP contribution in [0.3, 0.4) is 0 Å². The highest BCUT2D eigenvalue weighted by atomic mass is 16.5. The van der Waals surface area contributed by atoms with Gasteiger partial charge in [-0.1, -0.05) is 24.3 Å². The maximum atomic E-state index is 10.4. The first-order chi connectivity index (χ1) is 9.20. The minimum Gasteiger partial charge on any atom is -0.389 e. The summed E-state index contributed by atoms with van der Waals surface area (Å²) >= 11 is 0. The molecule has 1 N–H and O–H groups in total. The first kappa shape index (κ1) is 13.1. The van der Waals surface area contributed by atoms with Crippen LogP contribution < -0.4 is 0 Å². The lowest BCUT2D eigenvalue weighted by Crippen LogP contribution is -2.54. The normalized spacial score (nSPS) is 32.0. The Hall–Kier alpha value is -0.900. The summed E-state index contributed by atoms with van der Waals surface area (Å²) < 4.78 is 5.84. The average molecular weight is 261 g/mol. The Balaban J connectivity index is 1.65. The molecule has 1 spiro atoms. The SMILES string of the molecule is Cc1ccccc1CN1CC[C@@]2(CCCO2)[C@@H](O)C1. The topological polar surface area (TPSA) is 32.7 Å². The maximum Gasteiger partial charge on any atom is 0.0965 e. The van der Waals surface area contributed by atoms with Crippen LogP contribution in [0.2, 0.25) is 0 Å². The number of piperidine rings is 1. The Morgan fingerprint density at radius 1 is 1.37 bits per heavy atom. The first-order valence-corrected chi connectivity index (χ1v) is 7.28. The Labute approximate surface area is 115 Å². The van der Waals surface area contributed by atoms with Crippen molar-refractivity contribution in [3.8, 4) is 0 Å². The lowest BCUT2D eigenvalue weighted by atomic mass is 9.86. The molecule has 0 saturated carbocycles. The summed E-state index contributed by atoms with van der Waals surface area (Å²) in [7, 11) is 0. The van der Waals surface area contributed by atoms with Crippen molar-refractivity contribution in [2.45, 2.75) is 44.4 Å². The number of β-amino-alcohol motifs (C(OH)–C–C–N with tert-alkyl or cyclic N) is 1. The van der Waals surface area contributed by atoms with Gasteiger partial charge in [-0.3, -0.25) is 4.90 Å². The molecule has 1 aromatic carbocycles. The fourth-order valence-electron chi connectivity index (χ4n) is 3.37. The number of aliphatic hydroxyl groups is 1. The zero-order valence-electron chi connectivity index (χ0n) is 11.6. The average Bonchev–Trinajstić information content (AvgIpc) is 2.87. The molecule has 0 aliphatic carbocycles. The standard InChI is InChI=1S/C16H23NO2/c1-13-5-2-3-6-14(13)11-17-9-8-16(15(18)12-17)7-4-10-19-16/h2-3,5-6,15,18H,4,7-12H2,1H3/t15-,16-/m0/s1. The minimum atomic E-state index is -0.340. The van der Waals surface area contributed by atoms with Gasteiger partial charge in [0.25, 0.3) is 0 Å². The Bertz CT molecular complexity index is 440. The Morgan fingerprint density at radius 3 is 2.89 bits per heavy atom. The predicted molar refractivity (Wildman–Crippen MR) is 75.0 cm³/mol. The van der Waals surface area contributed by atoms with Crippen LogP contribution in [-0.2, 0) is 11.3 Å². The molecular weight excluding hydrogens is 238 g/mol. The third-order valence-corrected chi connectivity index (χ3v) is 4.68. The van der Waals surface area contributed by atoms with E-state index in [0.717, 1.165) is 45.5 Å².